The van der Waals surface area contributed by atoms with Crippen molar-refractivity contribution in [3.63, 3.8) is 0 Å². The first-order chi connectivity index (χ1) is 17.7. The van der Waals surface area contributed by atoms with Crippen LogP contribution >= 0.6 is 0 Å². The van der Waals surface area contributed by atoms with Gasteiger partial charge in [-0.1, -0.05) is 36.4 Å². The van der Waals surface area contributed by atoms with Crippen molar-refractivity contribution >= 4 is 21.6 Å². The number of methoxy groups -OCH3 is 1. The average Bonchev–Trinajstić information content (AvgIpc) is 3.26. The van der Waals surface area contributed by atoms with Crippen molar-refractivity contribution in [1.29, 1.82) is 0 Å². The van der Waals surface area contributed by atoms with Crippen LogP contribution in [0.1, 0.15) is 11.5 Å². The second-order valence-corrected chi connectivity index (χ2v) is 10.9. The fourth-order valence-corrected chi connectivity index (χ4v) is 4.98. The molecule has 2 aromatic carbocycles. The number of likely N-dealkylation sites (tertiary alicyclic amines) is 1. The summed E-state index contributed by atoms with van der Waals surface area (Å²) < 4.78 is 56.8. The van der Waals surface area contributed by atoms with Gasteiger partial charge in [0.2, 0.25) is 0 Å². The molecule has 0 spiro atoms. The number of carbonyl (C=O) groups is 1. The summed E-state index contributed by atoms with van der Waals surface area (Å²) in [6.45, 7) is 2.12. The Morgan fingerprint density at radius 3 is 2.51 bits per heavy atom. The van der Waals surface area contributed by atoms with Crippen LogP contribution in [-0.2, 0) is 14.6 Å². The van der Waals surface area contributed by atoms with Gasteiger partial charge < -0.3 is 15.4 Å². The fraction of sp³-hybridized carbons (Fsp3) is 0.308. The molecule has 0 unspecified atom stereocenters. The van der Waals surface area contributed by atoms with Crippen molar-refractivity contribution in [2.24, 2.45) is 0 Å². The molecular formula is C26H28F2N4O4S. The van der Waals surface area contributed by atoms with E-state index in [-0.39, 0.29) is 10.9 Å². The summed E-state index contributed by atoms with van der Waals surface area (Å²) in [5.74, 6) is -2.16. The first-order valence-electron chi connectivity index (χ1n) is 11.7. The van der Waals surface area contributed by atoms with Crippen LogP contribution in [0.15, 0.2) is 65.7 Å². The third kappa shape index (κ3) is 6.48. The Hall–Kier alpha value is -3.41. The number of ether oxygens (including phenoxy) is 1. The van der Waals surface area contributed by atoms with Crippen LogP contribution in [0.25, 0.3) is 11.3 Å². The number of rotatable bonds is 8. The molecule has 196 valence electrons. The van der Waals surface area contributed by atoms with Crippen molar-refractivity contribution in [1.82, 2.24) is 15.2 Å². The lowest BCUT2D eigenvalue weighted by Gasteiger charge is -2.21. The Kier molecular flexibility index (Phi) is 8.16. The standard InChI is InChI=1S/C26H28F2N4O4S/c1-36-13-12-32-15-19(18-8-9-20(27)21(28)14-18)23(16-32)30-26(33)29-22-10-11-24(37(2,34)35)31-25(22)17-6-4-3-5-7-17/h3-11,14,19,23H,12-13,15-16H2,1-2H3,(H2,29,30,33)/t19-,23+/m0/s1. The first-order valence-corrected chi connectivity index (χ1v) is 13.5. The zero-order valence-corrected chi connectivity index (χ0v) is 21.3. The first kappa shape index (κ1) is 26.6. The van der Waals surface area contributed by atoms with Gasteiger partial charge in [0.25, 0.3) is 0 Å². The molecule has 37 heavy (non-hydrogen) atoms. The Morgan fingerprint density at radius 1 is 1.08 bits per heavy atom. The molecule has 1 aromatic heterocycles. The minimum atomic E-state index is -3.57. The highest BCUT2D eigenvalue weighted by Gasteiger charge is 2.35. The van der Waals surface area contributed by atoms with Crippen LogP contribution in [0.5, 0.6) is 0 Å². The molecule has 1 aliphatic heterocycles. The van der Waals surface area contributed by atoms with Gasteiger partial charge in [0.05, 0.1) is 24.0 Å². The molecule has 0 saturated carbocycles. The summed E-state index contributed by atoms with van der Waals surface area (Å²) in [6.07, 6.45) is 1.07. The van der Waals surface area contributed by atoms with Gasteiger partial charge in [0.15, 0.2) is 26.5 Å². The number of carbonyl (C=O) groups excluding carboxylic acids is 1. The highest BCUT2D eigenvalue weighted by molar-refractivity contribution is 7.90. The van der Waals surface area contributed by atoms with E-state index in [0.717, 1.165) is 18.4 Å². The minimum Gasteiger partial charge on any atom is -0.383 e. The van der Waals surface area contributed by atoms with Gasteiger partial charge in [-0.05, 0) is 29.8 Å². The maximum atomic E-state index is 14.0. The highest BCUT2D eigenvalue weighted by Crippen LogP contribution is 2.30. The van der Waals surface area contributed by atoms with Crippen molar-refractivity contribution in [3.8, 4) is 11.3 Å². The number of nitrogens with one attached hydrogen (secondary N) is 2. The van der Waals surface area contributed by atoms with E-state index in [0.29, 0.717) is 48.7 Å². The molecular weight excluding hydrogens is 502 g/mol. The van der Waals surface area contributed by atoms with E-state index in [1.54, 1.807) is 31.4 Å². The summed E-state index contributed by atoms with van der Waals surface area (Å²) in [4.78, 5) is 19.5. The van der Waals surface area contributed by atoms with Crippen LogP contribution in [0.4, 0.5) is 19.3 Å². The van der Waals surface area contributed by atoms with Crippen LogP contribution in [0, 0.1) is 11.6 Å². The van der Waals surface area contributed by atoms with Gasteiger partial charge in [-0.2, -0.15) is 0 Å². The van der Waals surface area contributed by atoms with Gasteiger partial charge >= 0.3 is 6.03 Å². The predicted octanol–water partition coefficient (Wildman–Crippen LogP) is 3.67. The molecule has 1 fully saturated rings. The molecule has 11 heteroatoms. The number of anilines is 1. The minimum absolute atomic E-state index is 0.111. The summed E-state index contributed by atoms with van der Waals surface area (Å²) >= 11 is 0. The number of hydrogen-bond acceptors (Lipinski definition) is 6. The van der Waals surface area contributed by atoms with E-state index in [4.69, 9.17) is 4.74 Å². The van der Waals surface area contributed by atoms with E-state index in [9.17, 15) is 22.0 Å². The van der Waals surface area contributed by atoms with E-state index < -0.39 is 33.5 Å². The van der Waals surface area contributed by atoms with Gasteiger partial charge in [0.1, 0.15) is 0 Å². The van der Waals surface area contributed by atoms with Crippen LogP contribution in [-0.4, -0.2) is 70.0 Å². The predicted molar refractivity (Wildman–Crippen MR) is 136 cm³/mol. The maximum absolute atomic E-state index is 14.0. The zero-order valence-electron chi connectivity index (χ0n) is 20.4. The van der Waals surface area contributed by atoms with Crippen LogP contribution < -0.4 is 10.6 Å². The van der Waals surface area contributed by atoms with Crippen LogP contribution in [0.2, 0.25) is 0 Å². The molecule has 2 heterocycles. The second kappa shape index (κ2) is 11.3. The van der Waals surface area contributed by atoms with Gasteiger partial charge in [-0.15, -0.1) is 0 Å². The normalized spacial score (nSPS) is 18.1. The topological polar surface area (TPSA) is 101 Å². The van der Waals surface area contributed by atoms with Gasteiger partial charge in [0, 0.05) is 44.5 Å². The zero-order chi connectivity index (χ0) is 26.6. The molecule has 1 aliphatic rings. The molecule has 1 saturated heterocycles. The highest BCUT2D eigenvalue weighted by atomic mass is 32.2. The van der Waals surface area contributed by atoms with Gasteiger partial charge in [-0.25, -0.2) is 27.0 Å². The largest absolute Gasteiger partial charge is 0.383 e. The number of nitrogens with zero attached hydrogens (tertiary/aromatic N) is 2. The number of urea groups is 1. The number of sulfone groups is 1. The maximum Gasteiger partial charge on any atom is 0.319 e. The number of halogens is 2. The summed E-state index contributed by atoms with van der Waals surface area (Å²) in [5, 5.41) is 5.61. The van der Waals surface area contributed by atoms with Crippen molar-refractivity contribution in [3.05, 3.63) is 77.9 Å². The quantitative estimate of drug-likeness (QED) is 0.461. The molecule has 0 aliphatic carbocycles. The van der Waals surface area contributed by atoms with Crippen molar-refractivity contribution in [2.75, 3.05) is 44.9 Å². The molecule has 3 aromatic rings. The molecule has 2 amide bonds. The van der Waals surface area contributed by atoms with E-state index >= 15 is 0 Å². The molecule has 0 bridgehead atoms. The summed E-state index contributed by atoms with van der Waals surface area (Å²) in [7, 11) is -1.97. The molecule has 2 N–H and O–H groups in total. The Labute approximate surface area is 214 Å². The third-order valence-corrected chi connectivity index (χ3v) is 7.23. The lowest BCUT2D eigenvalue weighted by Crippen LogP contribution is -2.42. The summed E-state index contributed by atoms with van der Waals surface area (Å²) in [6, 6.07) is 14.6. The monoisotopic (exact) mass is 530 g/mol. The Bertz CT molecular complexity index is 1370. The second-order valence-electron chi connectivity index (χ2n) is 8.92. The molecule has 4 rings (SSSR count). The van der Waals surface area contributed by atoms with Crippen molar-refractivity contribution in [2.45, 2.75) is 17.0 Å². The van der Waals surface area contributed by atoms with E-state index in [1.165, 1.54) is 18.2 Å². The van der Waals surface area contributed by atoms with E-state index in [1.807, 2.05) is 6.07 Å². The van der Waals surface area contributed by atoms with E-state index in [2.05, 4.69) is 20.5 Å². The number of benzene rings is 2. The number of aromatic nitrogens is 1. The van der Waals surface area contributed by atoms with Gasteiger partial charge in [-0.3, -0.25) is 4.90 Å². The van der Waals surface area contributed by atoms with Crippen LogP contribution in [0.3, 0.4) is 0 Å². The number of amides is 2. The van der Waals surface area contributed by atoms with Crippen molar-refractivity contribution < 1.29 is 26.7 Å². The fourth-order valence-electron chi connectivity index (χ4n) is 4.41. The lowest BCUT2D eigenvalue weighted by molar-refractivity contribution is 0.159. The number of hydrogen-bond donors (Lipinski definition) is 2. The lowest BCUT2D eigenvalue weighted by atomic mass is 9.94. The molecule has 8 nitrogen and oxygen atoms in total. The number of pyridine rings is 1. The SMILES string of the molecule is COCCN1C[C@@H](NC(=O)Nc2ccc(S(C)(=O)=O)nc2-c2ccccc2)[C@H](c2ccc(F)c(F)c2)C1. The third-order valence-electron chi connectivity index (χ3n) is 6.24. The summed E-state index contributed by atoms with van der Waals surface area (Å²) in [5.41, 5.74) is 1.85. The molecule has 2 atom stereocenters. The Morgan fingerprint density at radius 2 is 1.84 bits per heavy atom. The Balaban J connectivity index is 1.58. The smallest absolute Gasteiger partial charge is 0.319 e. The molecule has 0 radical (unpaired) electrons. The average molecular weight is 531 g/mol.